The highest BCUT2D eigenvalue weighted by Crippen LogP contribution is 2.51. The van der Waals surface area contributed by atoms with Crippen molar-refractivity contribution in [2.24, 2.45) is 0 Å². The Bertz CT molecular complexity index is 3430. The largest absolute Gasteiger partial charge is 0.456 e. The summed E-state index contributed by atoms with van der Waals surface area (Å²) < 4.78 is 9.13. The summed E-state index contributed by atoms with van der Waals surface area (Å²) >= 11 is 0. The van der Waals surface area contributed by atoms with E-state index in [1.54, 1.807) is 0 Å². The first-order chi connectivity index (χ1) is 29.5. The van der Waals surface area contributed by atoms with Crippen LogP contribution >= 0.6 is 0 Å². The number of furan rings is 1. The van der Waals surface area contributed by atoms with Crippen LogP contribution in [0.2, 0.25) is 0 Å². The summed E-state index contributed by atoms with van der Waals surface area (Å²) in [5.74, 6) is 0. The molecule has 2 heterocycles. The van der Waals surface area contributed by atoms with Gasteiger partial charge in [-0.05, 0) is 99.6 Å². The fraction of sp³-hybridized carbons (Fsp3) is 0.0526. The predicted molar refractivity (Wildman–Crippen MR) is 251 cm³/mol. The van der Waals surface area contributed by atoms with Gasteiger partial charge in [0, 0.05) is 61.3 Å². The Morgan fingerprint density at radius 2 is 1.05 bits per heavy atom. The number of fused-ring (bicyclic) bond motifs is 9. The second-order valence-corrected chi connectivity index (χ2v) is 16.5. The van der Waals surface area contributed by atoms with Crippen LogP contribution in [0.4, 0.5) is 17.1 Å². The number of anilines is 3. The summed E-state index contributed by atoms with van der Waals surface area (Å²) in [6, 6.07) is 74.7. The van der Waals surface area contributed by atoms with Crippen LogP contribution < -0.4 is 4.90 Å². The van der Waals surface area contributed by atoms with E-state index in [-0.39, 0.29) is 5.41 Å². The van der Waals surface area contributed by atoms with Gasteiger partial charge in [-0.1, -0.05) is 153 Å². The van der Waals surface area contributed by atoms with Crippen molar-refractivity contribution >= 4 is 60.8 Å². The van der Waals surface area contributed by atoms with Crippen LogP contribution in [-0.4, -0.2) is 4.57 Å². The van der Waals surface area contributed by atoms with E-state index in [0.717, 1.165) is 55.7 Å². The summed E-state index contributed by atoms with van der Waals surface area (Å²) in [6.07, 6.45) is 0. The van der Waals surface area contributed by atoms with Crippen molar-refractivity contribution < 1.29 is 4.42 Å². The van der Waals surface area contributed by atoms with Gasteiger partial charge in [0.2, 0.25) is 0 Å². The van der Waals surface area contributed by atoms with Crippen molar-refractivity contribution in [2.45, 2.75) is 19.3 Å². The maximum absolute atomic E-state index is 6.70. The van der Waals surface area contributed by atoms with Gasteiger partial charge < -0.3 is 13.9 Å². The zero-order valence-corrected chi connectivity index (χ0v) is 33.4. The standard InChI is InChI=1S/C57H40N2O/c1-57(2)48-24-14-12-22-44(48)45-33-31-43(35-49(45)57)58(40-20-10-5-11-21-40)41-27-29-42(30-28-41)59-50-34-39(37-16-6-3-7-17-37)26-32-46(50)55-51(59)36-53-56(47-23-13-15-25-52(47)60-53)54(55)38-18-8-4-9-19-38/h3-36H,1-2H3. The molecule has 284 valence electrons. The third-order valence-corrected chi connectivity index (χ3v) is 12.8. The average molecular weight is 769 g/mol. The third kappa shape index (κ3) is 5.15. The van der Waals surface area contributed by atoms with E-state index in [0.29, 0.717) is 0 Å². The smallest absolute Gasteiger partial charge is 0.138 e. The lowest BCUT2D eigenvalue weighted by molar-refractivity contribution is 0.660. The monoisotopic (exact) mass is 768 g/mol. The van der Waals surface area contributed by atoms with Gasteiger partial charge in [0.1, 0.15) is 11.2 Å². The van der Waals surface area contributed by atoms with Crippen LogP contribution in [0.3, 0.4) is 0 Å². The van der Waals surface area contributed by atoms with Crippen molar-refractivity contribution in [2.75, 3.05) is 4.90 Å². The molecule has 1 aliphatic rings. The molecule has 12 rings (SSSR count). The molecular formula is C57H40N2O. The number of benzene rings is 9. The second kappa shape index (κ2) is 13.2. The lowest BCUT2D eigenvalue weighted by Gasteiger charge is -2.28. The number of hydrogen-bond acceptors (Lipinski definition) is 2. The molecule has 9 aromatic carbocycles. The Kier molecular flexibility index (Phi) is 7.58. The van der Waals surface area contributed by atoms with E-state index in [4.69, 9.17) is 4.42 Å². The normalized spacial score (nSPS) is 13.0. The van der Waals surface area contributed by atoms with Gasteiger partial charge in [0.15, 0.2) is 0 Å². The van der Waals surface area contributed by atoms with Crippen molar-refractivity contribution in [3.63, 3.8) is 0 Å². The molecule has 3 nitrogen and oxygen atoms in total. The van der Waals surface area contributed by atoms with Gasteiger partial charge in [-0.3, -0.25) is 0 Å². The van der Waals surface area contributed by atoms with E-state index in [9.17, 15) is 0 Å². The van der Waals surface area contributed by atoms with Gasteiger partial charge in [-0.2, -0.15) is 0 Å². The minimum Gasteiger partial charge on any atom is -0.456 e. The molecule has 3 heteroatoms. The molecule has 0 radical (unpaired) electrons. The zero-order valence-electron chi connectivity index (χ0n) is 33.4. The minimum absolute atomic E-state index is 0.104. The Balaban J connectivity index is 1.09. The van der Waals surface area contributed by atoms with Crippen LogP contribution in [0.1, 0.15) is 25.0 Å². The van der Waals surface area contributed by atoms with Crippen LogP contribution in [0.25, 0.3) is 82.8 Å². The highest BCUT2D eigenvalue weighted by Gasteiger charge is 2.35. The molecule has 0 spiro atoms. The van der Waals surface area contributed by atoms with E-state index in [1.807, 2.05) is 0 Å². The molecule has 0 saturated heterocycles. The maximum atomic E-state index is 6.70. The molecule has 0 amide bonds. The quantitative estimate of drug-likeness (QED) is 0.168. The molecule has 0 N–H and O–H groups in total. The maximum Gasteiger partial charge on any atom is 0.138 e. The summed E-state index contributed by atoms with van der Waals surface area (Å²) in [6.45, 7) is 4.70. The summed E-state index contributed by atoms with van der Waals surface area (Å²) in [7, 11) is 0. The Hall–Kier alpha value is -7.62. The summed E-state index contributed by atoms with van der Waals surface area (Å²) in [5.41, 5.74) is 18.4. The predicted octanol–water partition coefficient (Wildman–Crippen LogP) is 15.8. The first-order valence-electron chi connectivity index (χ1n) is 20.8. The van der Waals surface area contributed by atoms with Crippen LogP contribution in [0.5, 0.6) is 0 Å². The molecule has 0 aliphatic heterocycles. The first kappa shape index (κ1) is 34.4. The zero-order chi connectivity index (χ0) is 40.0. The Morgan fingerprint density at radius 3 is 1.83 bits per heavy atom. The fourth-order valence-electron chi connectivity index (χ4n) is 9.97. The molecule has 11 aromatic rings. The molecule has 0 fully saturated rings. The molecule has 60 heavy (non-hydrogen) atoms. The highest BCUT2D eigenvalue weighted by molar-refractivity contribution is 6.27. The molecule has 0 bridgehead atoms. The van der Waals surface area contributed by atoms with Crippen molar-refractivity contribution in [3.05, 3.63) is 217 Å². The van der Waals surface area contributed by atoms with E-state index >= 15 is 0 Å². The van der Waals surface area contributed by atoms with Crippen molar-refractivity contribution in [3.8, 4) is 39.1 Å². The number of para-hydroxylation sites is 2. The van der Waals surface area contributed by atoms with Gasteiger partial charge in [0.05, 0.1) is 11.0 Å². The highest BCUT2D eigenvalue weighted by atomic mass is 16.3. The molecule has 0 saturated carbocycles. The average Bonchev–Trinajstić information content (AvgIpc) is 3.91. The Labute approximate surface area is 349 Å². The van der Waals surface area contributed by atoms with Gasteiger partial charge in [-0.15, -0.1) is 0 Å². The molecule has 0 atom stereocenters. The third-order valence-electron chi connectivity index (χ3n) is 12.8. The molecular weight excluding hydrogens is 729 g/mol. The van der Waals surface area contributed by atoms with Crippen LogP contribution in [0, 0.1) is 0 Å². The van der Waals surface area contributed by atoms with Crippen LogP contribution in [-0.2, 0) is 5.41 Å². The minimum atomic E-state index is -0.104. The molecule has 1 aliphatic carbocycles. The number of hydrogen-bond donors (Lipinski definition) is 0. The lowest BCUT2D eigenvalue weighted by Crippen LogP contribution is -2.16. The van der Waals surface area contributed by atoms with Crippen molar-refractivity contribution in [1.82, 2.24) is 4.57 Å². The Morgan fingerprint density at radius 1 is 0.417 bits per heavy atom. The summed E-state index contributed by atoms with van der Waals surface area (Å²) in [4.78, 5) is 2.38. The molecule has 0 unspecified atom stereocenters. The lowest BCUT2D eigenvalue weighted by atomic mass is 9.82. The van der Waals surface area contributed by atoms with Gasteiger partial charge >= 0.3 is 0 Å². The number of nitrogens with zero attached hydrogens (tertiary/aromatic N) is 2. The molecule has 2 aromatic heterocycles. The number of rotatable bonds is 6. The fourth-order valence-corrected chi connectivity index (χ4v) is 9.97. The van der Waals surface area contributed by atoms with Crippen molar-refractivity contribution in [1.29, 1.82) is 0 Å². The number of aromatic nitrogens is 1. The van der Waals surface area contributed by atoms with Gasteiger partial charge in [0.25, 0.3) is 0 Å². The summed E-state index contributed by atoms with van der Waals surface area (Å²) in [5, 5.41) is 4.68. The SMILES string of the molecule is CC1(C)c2ccccc2-c2ccc(N(c3ccccc3)c3ccc(-n4c5cc(-c6ccccc6)ccc5c5c(-c6ccccc6)c6c(cc54)oc4ccccc46)cc3)cc21. The second-order valence-electron chi connectivity index (χ2n) is 16.5. The topological polar surface area (TPSA) is 21.3 Å². The van der Waals surface area contributed by atoms with E-state index in [1.165, 1.54) is 55.3 Å². The van der Waals surface area contributed by atoms with E-state index < -0.39 is 0 Å². The first-order valence-corrected chi connectivity index (χ1v) is 20.8. The van der Waals surface area contributed by atoms with Crippen LogP contribution in [0.15, 0.2) is 211 Å². The van der Waals surface area contributed by atoms with Gasteiger partial charge in [-0.25, -0.2) is 0 Å². The van der Waals surface area contributed by atoms with E-state index in [2.05, 4.69) is 230 Å².